The standard InChI is InChI=1S/C11H26N2O/c1-10(6-8-14)9-11(13)5-3-2-4-7-12/h10-11,14H,2-9,12-13H2,1H3. The Bertz CT molecular complexity index is 120. The molecule has 0 aliphatic heterocycles. The molecule has 3 nitrogen and oxygen atoms in total. The van der Waals surface area contributed by atoms with Gasteiger partial charge < -0.3 is 16.6 Å². The lowest BCUT2D eigenvalue weighted by atomic mass is 9.96. The Morgan fingerprint density at radius 2 is 1.86 bits per heavy atom. The van der Waals surface area contributed by atoms with Crippen LogP contribution < -0.4 is 11.5 Å². The van der Waals surface area contributed by atoms with E-state index in [1.54, 1.807) is 0 Å². The summed E-state index contributed by atoms with van der Waals surface area (Å²) in [5.41, 5.74) is 11.4. The molecule has 0 saturated carbocycles. The van der Waals surface area contributed by atoms with E-state index in [1.807, 2.05) is 0 Å². The van der Waals surface area contributed by atoms with Gasteiger partial charge in [-0.25, -0.2) is 0 Å². The van der Waals surface area contributed by atoms with Crippen molar-refractivity contribution in [2.75, 3.05) is 13.2 Å². The highest BCUT2D eigenvalue weighted by Gasteiger charge is 2.08. The predicted molar refractivity (Wildman–Crippen MR) is 61.0 cm³/mol. The fourth-order valence-corrected chi connectivity index (χ4v) is 1.70. The van der Waals surface area contributed by atoms with E-state index in [2.05, 4.69) is 6.92 Å². The Kier molecular flexibility index (Phi) is 9.35. The van der Waals surface area contributed by atoms with Crippen molar-refractivity contribution in [2.45, 2.75) is 51.5 Å². The molecule has 5 N–H and O–H groups in total. The summed E-state index contributed by atoms with van der Waals surface area (Å²) in [6.45, 7) is 3.22. The zero-order valence-corrected chi connectivity index (χ0v) is 9.41. The fourth-order valence-electron chi connectivity index (χ4n) is 1.70. The summed E-state index contributed by atoms with van der Waals surface area (Å²) in [7, 11) is 0. The fraction of sp³-hybridized carbons (Fsp3) is 1.00. The van der Waals surface area contributed by atoms with Crippen molar-refractivity contribution < 1.29 is 5.11 Å². The highest BCUT2D eigenvalue weighted by atomic mass is 16.3. The molecule has 0 aromatic rings. The van der Waals surface area contributed by atoms with Gasteiger partial charge in [0.1, 0.15) is 0 Å². The summed E-state index contributed by atoms with van der Waals surface area (Å²) < 4.78 is 0. The van der Waals surface area contributed by atoms with E-state index in [0.717, 1.165) is 32.2 Å². The van der Waals surface area contributed by atoms with Crippen LogP contribution in [0.2, 0.25) is 0 Å². The maximum atomic E-state index is 8.74. The molecule has 0 aliphatic carbocycles. The average Bonchev–Trinajstić information content (AvgIpc) is 2.13. The van der Waals surface area contributed by atoms with Crippen molar-refractivity contribution >= 4 is 0 Å². The quantitative estimate of drug-likeness (QED) is 0.493. The van der Waals surface area contributed by atoms with E-state index in [0.29, 0.717) is 12.0 Å². The molecule has 2 unspecified atom stereocenters. The Labute approximate surface area is 87.9 Å². The summed E-state index contributed by atoms with van der Waals surface area (Å²) in [6.07, 6.45) is 6.48. The summed E-state index contributed by atoms with van der Waals surface area (Å²) in [5, 5.41) is 8.74. The van der Waals surface area contributed by atoms with Gasteiger partial charge in [0.2, 0.25) is 0 Å². The minimum absolute atomic E-state index is 0.279. The molecule has 0 radical (unpaired) electrons. The van der Waals surface area contributed by atoms with Gasteiger partial charge in [-0.1, -0.05) is 19.8 Å². The maximum Gasteiger partial charge on any atom is 0.0433 e. The molecule has 2 atom stereocenters. The van der Waals surface area contributed by atoms with Crippen molar-refractivity contribution in [1.29, 1.82) is 0 Å². The lowest BCUT2D eigenvalue weighted by Gasteiger charge is -2.16. The second kappa shape index (κ2) is 9.44. The molecule has 0 saturated heterocycles. The zero-order valence-electron chi connectivity index (χ0n) is 9.41. The summed E-state index contributed by atoms with van der Waals surface area (Å²) in [5.74, 6) is 0.546. The van der Waals surface area contributed by atoms with Crippen molar-refractivity contribution in [3.8, 4) is 0 Å². The molecule has 0 aliphatic rings. The van der Waals surface area contributed by atoms with Gasteiger partial charge in [0.25, 0.3) is 0 Å². The van der Waals surface area contributed by atoms with E-state index in [1.165, 1.54) is 12.8 Å². The predicted octanol–water partition coefficient (Wildman–Crippen LogP) is 1.24. The van der Waals surface area contributed by atoms with Gasteiger partial charge in [-0.3, -0.25) is 0 Å². The Morgan fingerprint density at radius 1 is 1.14 bits per heavy atom. The molecule has 0 rings (SSSR count). The highest BCUT2D eigenvalue weighted by Crippen LogP contribution is 2.12. The summed E-state index contributed by atoms with van der Waals surface area (Å²) in [4.78, 5) is 0. The van der Waals surface area contributed by atoms with E-state index >= 15 is 0 Å². The first kappa shape index (κ1) is 13.9. The van der Waals surface area contributed by atoms with E-state index in [4.69, 9.17) is 16.6 Å². The van der Waals surface area contributed by atoms with E-state index in [-0.39, 0.29) is 6.61 Å². The molecule has 3 heteroatoms. The smallest absolute Gasteiger partial charge is 0.0433 e. The van der Waals surface area contributed by atoms with Crippen molar-refractivity contribution in [3.63, 3.8) is 0 Å². The van der Waals surface area contributed by atoms with E-state index in [9.17, 15) is 0 Å². The maximum absolute atomic E-state index is 8.74. The number of hydrogen-bond acceptors (Lipinski definition) is 3. The molecule has 0 amide bonds. The largest absolute Gasteiger partial charge is 0.396 e. The monoisotopic (exact) mass is 202 g/mol. The third-order valence-corrected chi connectivity index (χ3v) is 2.61. The van der Waals surface area contributed by atoms with Crippen molar-refractivity contribution in [3.05, 3.63) is 0 Å². The molecule has 0 fully saturated rings. The normalized spacial score (nSPS) is 15.4. The van der Waals surface area contributed by atoms with Crippen LogP contribution in [0.5, 0.6) is 0 Å². The van der Waals surface area contributed by atoms with Crippen LogP contribution in [0.25, 0.3) is 0 Å². The minimum atomic E-state index is 0.279. The number of nitrogens with two attached hydrogens (primary N) is 2. The van der Waals surface area contributed by atoms with Gasteiger partial charge in [-0.15, -0.1) is 0 Å². The van der Waals surface area contributed by atoms with Gasteiger partial charge in [0.05, 0.1) is 0 Å². The number of aliphatic hydroxyl groups is 1. The number of hydrogen-bond donors (Lipinski definition) is 3. The van der Waals surface area contributed by atoms with Crippen LogP contribution in [0, 0.1) is 5.92 Å². The SMILES string of the molecule is CC(CCO)CC(N)CCCCCN. The van der Waals surface area contributed by atoms with Crippen LogP contribution in [0.15, 0.2) is 0 Å². The highest BCUT2D eigenvalue weighted by molar-refractivity contribution is 4.65. The van der Waals surface area contributed by atoms with Crippen LogP contribution in [0.1, 0.15) is 45.4 Å². The van der Waals surface area contributed by atoms with Gasteiger partial charge in [-0.05, 0) is 38.1 Å². The topological polar surface area (TPSA) is 72.3 Å². The summed E-state index contributed by atoms with van der Waals surface area (Å²) in [6, 6.07) is 0.300. The molecular weight excluding hydrogens is 176 g/mol. The third kappa shape index (κ3) is 8.48. The Balaban J connectivity index is 3.30. The van der Waals surface area contributed by atoms with Gasteiger partial charge in [0, 0.05) is 12.6 Å². The Hall–Kier alpha value is -0.120. The molecule has 86 valence electrons. The molecule has 0 spiro atoms. The zero-order chi connectivity index (χ0) is 10.8. The first-order valence-electron chi connectivity index (χ1n) is 5.77. The van der Waals surface area contributed by atoms with Crippen molar-refractivity contribution in [1.82, 2.24) is 0 Å². The van der Waals surface area contributed by atoms with Gasteiger partial charge in [0.15, 0.2) is 0 Å². The van der Waals surface area contributed by atoms with Crippen LogP contribution in [-0.4, -0.2) is 24.3 Å². The van der Waals surface area contributed by atoms with Crippen LogP contribution in [-0.2, 0) is 0 Å². The van der Waals surface area contributed by atoms with Crippen LogP contribution in [0.4, 0.5) is 0 Å². The second-order valence-electron chi connectivity index (χ2n) is 4.25. The first-order valence-corrected chi connectivity index (χ1v) is 5.77. The second-order valence-corrected chi connectivity index (χ2v) is 4.25. The molecular formula is C11H26N2O. The molecule has 0 aromatic carbocycles. The van der Waals surface area contributed by atoms with Crippen LogP contribution in [0.3, 0.4) is 0 Å². The Morgan fingerprint density at radius 3 is 2.43 bits per heavy atom. The minimum Gasteiger partial charge on any atom is -0.396 e. The van der Waals surface area contributed by atoms with Crippen LogP contribution >= 0.6 is 0 Å². The molecule has 0 aromatic heterocycles. The number of rotatable bonds is 9. The lowest BCUT2D eigenvalue weighted by Crippen LogP contribution is -2.23. The molecule has 0 bridgehead atoms. The summed E-state index contributed by atoms with van der Waals surface area (Å²) >= 11 is 0. The molecule has 0 heterocycles. The van der Waals surface area contributed by atoms with Gasteiger partial charge in [-0.2, -0.15) is 0 Å². The first-order chi connectivity index (χ1) is 6.70. The third-order valence-electron chi connectivity index (χ3n) is 2.61. The number of unbranched alkanes of at least 4 members (excludes halogenated alkanes) is 2. The molecule has 14 heavy (non-hydrogen) atoms. The van der Waals surface area contributed by atoms with Crippen molar-refractivity contribution in [2.24, 2.45) is 17.4 Å². The number of aliphatic hydroxyl groups excluding tert-OH is 1. The van der Waals surface area contributed by atoms with Gasteiger partial charge >= 0.3 is 0 Å². The average molecular weight is 202 g/mol. The van der Waals surface area contributed by atoms with E-state index < -0.39 is 0 Å². The lowest BCUT2D eigenvalue weighted by molar-refractivity contribution is 0.252.